The monoisotopic (exact) mass is 420 g/mol. The van der Waals surface area contributed by atoms with Crippen LogP contribution in [0.5, 0.6) is 0 Å². The van der Waals surface area contributed by atoms with Gasteiger partial charge >= 0.3 is 0 Å². The minimum absolute atomic E-state index is 0.235. The third-order valence-corrected chi connectivity index (χ3v) is 5.28. The van der Waals surface area contributed by atoms with E-state index in [9.17, 15) is 5.11 Å². The van der Waals surface area contributed by atoms with Crippen molar-refractivity contribution >= 4 is 0 Å². The Hall–Kier alpha value is -2.54. The molecule has 0 spiro atoms. The minimum Gasteiger partial charge on any atom is -0.368 e. The van der Waals surface area contributed by atoms with E-state index in [4.69, 9.17) is 18.9 Å². The zero-order valence-corrected chi connectivity index (χ0v) is 17.4. The highest BCUT2D eigenvalue weighted by atomic mass is 16.7. The molecule has 162 valence electrons. The van der Waals surface area contributed by atoms with E-state index in [0.29, 0.717) is 19.8 Å². The van der Waals surface area contributed by atoms with Gasteiger partial charge in [-0.25, -0.2) is 0 Å². The van der Waals surface area contributed by atoms with Gasteiger partial charge in [0.1, 0.15) is 18.3 Å². The number of ether oxygens (including phenoxy) is 4. The van der Waals surface area contributed by atoms with Crippen molar-refractivity contribution in [3.8, 4) is 0 Å². The highest BCUT2D eigenvalue weighted by Crippen LogP contribution is 2.25. The van der Waals surface area contributed by atoms with Gasteiger partial charge in [-0.1, -0.05) is 91.0 Å². The standard InChI is InChI=1S/C26H28O5/c27-26-25(30-18-22-14-8-3-9-15-22)24(29-17-21-12-6-2-7-13-21)23(19-31-26)28-16-20-10-4-1-5-11-20/h1-15,23-27H,16-19H2/t23-,24+,25-,26+/m1/s1. The number of rotatable bonds is 9. The molecule has 0 aromatic heterocycles. The molecule has 4 atom stereocenters. The molecule has 3 aromatic carbocycles. The van der Waals surface area contributed by atoms with Crippen LogP contribution in [0.3, 0.4) is 0 Å². The Morgan fingerprint density at radius 1 is 0.613 bits per heavy atom. The Bertz CT molecular complexity index is 887. The molecule has 4 rings (SSSR count). The summed E-state index contributed by atoms with van der Waals surface area (Å²) in [7, 11) is 0. The van der Waals surface area contributed by atoms with Crippen LogP contribution < -0.4 is 0 Å². The summed E-state index contributed by atoms with van der Waals surface area (Å²) in [6, 6.07) is 29.8. The summed E-state index contributed by atoms with van der Waals surface area (Å²) in [5.74, 6) is 0. The molecule has 0 saturated carbocycles. The normalized spacial score (nSPS) is 23.5. The van der Waals surface area contributed by atoms with Crippen LogP contribution in [0.2, 0.25) is 0 Å². The third-order valence-electron chi connectivity index (χ3n) is 5.28. The van der Waals surface area contributed by atoms with Crippen molar-refractivity contribution in [2.24, 2.45) is 0 Å². The predicted octanol–water partition coefficient (Wildman–Crippen LogP) is 4.09. The van der Waals surface area contributed by atoms with E-state index in [1.807, 2.05) is 91.0 Å². The smallest absolute Gasteiger partial charge is 0.183 e. The van der Waals surface area contributed by atoms with Gasteiger partial charge in [0.05, 0.1) is 26.4 Å². The van der Waals surface area contributed by atoms with E-state index in [1.54, 1.807) is 0 Å². The number of hydrogen-bond acceptors (Lipinski definition) is 5. The summed E-state index contributed by atoms with van der Waals surface area (Å²) in [6.07, 6.45) is -2.59. The Labute approximate surface area is 183 Å². The van der Waals surface area contributed by atoms with Crippen LogP contribution in [0.1, 0.15) is 16.7 Å². The molecule has 1 N–H and O–H groups in total. The van der Waals surface area contributed by atoms with Crippen molar-refractivity contribution in [1.29, 1.82) is 0 Å². The van der Waals surface area contributed by atoms with Crippen molar-refractivity contribution < 1.29 is 24.1 Å². The molecule has 5 nitrogen and oxygen atoms in total. The van der Waals surface area contributed by atoms with Crippen LogP contribution in [-0.4, -0.2) is 36.3 Å². The van der Waals surface area contributed by atoms with E-state index in [2.05, 4.69) is 0 Å². The number of aliphatic hydroxyl groups is 1. The molecule has 0 bridgehead atoms. The van der Waals surface area contributed by atoms with Gasteiger partial charge in [0, 0.05) is 0 Å². The summed E-state index contributed by atoms with van der Waals surface area (Å²) in [5, 5.41) is 10.5. The summed E-state index contributed by atoms with van der Waals surface area (Å²) in [4.78, 5) is 0. The number of hydrogen-bond donors (Lipinski definition) is 1. The number of benzene rings is 3. The summed E-state index contributed by atoms with van der Waals surface area (Å²) in [6.45, 7) is 1.41. The first-order valence-electron chi connectivity index (χ1n) is 10.6. The molecule has 3 aromatic rings. The van der Waals surface area contributed by atoms with Crippen molar-refractivity contribution in [1.82, 2.24) is 0 Å². The lowest BCUT2D eigenvalue weighted by atomic mass is 10.0. The fourth-order valence-corrected chi connectivity index (χ4v) is 3.59. The Balaban J connectivity index is 1.46. The van der Waals surface area contributed by atoms with Crippen LogP contribution in [0.4, 0.5) is 0 Å². The van der Waals surface area contributed by atoms with Crippen molar-refractivity contribution in [2.75, 3.05) is 6.61 Å². The van der Waals surface area contributed by atoms with Crippen LogP contribution in [0.25, 0.3) is 0 Å². The summed E-state index contributed by atoms with van der Waals surface area (Å²) >= 11 is 0. The summed E-state index contributed by atoms with van der Waals surface area (Å²) in [5.41, 5.74) is 3.13. The molecule has 1 aliphatic rings. The summed E-state index contributed by atoms with van der Waals surface area (Å²) < 4.78 is 24.1. The quantitative estimate of drug-likeness (QED) is 0.565. The molecular weight excluding hydrogens is 392 g/mol. The van der Waals surface area contributed by atoms with Gasteiger partial charge in [-0.05, 0) is 16.7 Å². The van der Waals surface area contributed by atoms with Gasteiger partial charge in [0.25, 0.3) is 0 Å². The molecule has 0 unspecified atom stereocenters. The van der Waals surface area contributed by atoms with Gasteiger partial charge in [-0.3, -0.25) is 0 Å². The predicted molar refractivity (Wildman–Crippen MR) is 117 cm³/mol. The topological polar surface area (TPSA) is 57.2 Å². The van der Waals surface area contributed by atoms with Gasteiger partial charge in [-0.2, -0.15) is 0 Å². The second-order valence-corrected chi connectivity index (χ2v) is 7.58. The molecule has 31 heavy (non-hydrogen) atoms. The highest BCUT2D eigenvalue weighted by molar-refractivity contribution is 5.15. The van der Waals surface area contributed by atoms with E-state index < -0.39 is 18.5 Å². The molecule has 1 aliphatic heterocycles. The van der Waals surface area contributed by atoms with Crippen LogP contribution in [0.15, 0.2) is 91.0 Å². The molecule has 0 radical (unpaired) electrons. The highest BCUT2D eigenvalue weighted by Gasteiger charge is 2.42. The van der Waals surface area contributed by atoms with E-state index in [-0.39, 0.29) is 12.7 Å². The SMILES string of the molecule is O[C@H]1OC[C@@H](OCc2ccccc2)[C@H](OCc2ccccc2)[C@H]1OCc1ccccc1. The second-order valence-electron chi connectivity index (χ2n) is 7.58. The van der Waals surface area contributed by atoms with E-state index in [0.717, 1.165) is 16.7 Å². The van der Waals surface area contributed by atoms with Crippen LogP contribution in [-0.2, 0) is 38.8 Å². The maximum atomic E-state index is 10.5. The maximum absolute atomic E-state index is 10.5. The Morgan fingerprint density at radius 2 is 1.03 bits per heavy atom. The van der Waals surface area contributed by atoms with E-state index >= 15 is 0 Å². The number of aliphatic hydroxyl groups excluding tert-OH is 1. The third kappa shape index (κ3) is 6.23. The lowest BCUT2D eigenvalue weighted by molar-refractivity contribution is -0.286. The average molecular weight is 421 g/mol. The Kier molecular flexibility index (Phi) is 7.82. The molecule has 1 fully saturated rings. The molecule has 0 amide bonds. The lowest BCUT2D eigenvalue weighted by Crippen LogP contribution is -2.56. The van der Waals surface area contributed by atoms with E-state index in [1.165, 1.54) is 0 Å². The Morgan fingerprint density at radius 3 is 1.52 bits per heavy atom. The zero-order chi connectivity index (χ0) is 21.3. The largest absolute Gasteiger partial charge is 0.368 e. The molecule has 1 heterocycles. The zero-order valence-electron chi connectivity index (χ0n) is 17.4. The maximum Gasteiger partial charge on any atom is 0.183 e. The van der Waals surface area contributed by atoms with Gasteiger partial charge < -0.3 is 24.1 Å². The van der Waals surface area contributed by atoms with Crippen molar-refractivity contribution in [3.05, 3.63) is 108 Å². The van der Waals surface area contributed by atoms with Crippen LogP contribution in [0, 0.1) is 0 Å². The van der Waals surface area contributed by atoms with Gasteiger partial charge in [-0.15, -0.1) is 0 Å². The molecular formula is C26H28O5. The fourth-order valence-electron chi connectivity index (χ4n) is 3.59. The van der Waals surface area contributed by atoms with Crippen molar-refractivity contribution in [2.45, 2.75) is 44.4 Å². The lowest BCUT2D eigenvalue weighted by Gasteiger charge is -2.40. The van der Waals surface area contributed by atoms with Gasteiger partial charge in [0.2, 0.25) is 0 Å². The average Bonchev–Trinajstić information content (AvgIpc) is 2.83. The fraction of sp³-hybridized carbons (Fsp3) is 0.308. The first kappa shape index (κ1) is 21.7. The molecule has 0 aliphatic carbocycles. The van der Waals surface area contributed by atoms with Crippen LogP contribution >= 0.6 is 0 Å². The van der Waals surface area contributed by atoms with Gasteiger partial charge in [0.15, 0.2) is 6.29 Å². The minimum atomic E-state index is -1.08. The van der Waals surface area contributed by atoms with Crippen molar-refractivity contribution in [3.63, 3.8) is 0 Å². The molecule has 5 heteroatoms. The first-order chi connectivity index (χ1) is 15.3. The second kappa shape index (κ2) is 11.2. The molecule has 1 saturated heterocycles. The first-order valence-corrected chi connectivity index (χ1v) is 10.6.